The molecular weight excluding hydrogens is 332 g/mol. The third-order valence-electron chi connectivity index (χ3n) is 4.96. The van der Waals surface area contributed by atoms with Crippen molar-refractivity contribution in [2.45, 2.75) is 45.6 Å². The van der Waals surface area contributed by atoms with Crippen LogP contribution in [0.15, 0.2) is 18.2 Å². The van der Waals surface area contributed by atoms with Crippen molar-refractivity contribution in [3.63, 3.8) is 0 Å². The lowest BCUT2D eigenvalue weighted by Gasteiger charge is -2.25. The number of ether oxygens (including phenoxy) is 1. The summed E-state index contributed by atoms with van der Waals surface area (Å²) in [6.45, 7) is 5.88. The SMILES string of the molecule is Cc1ccc(OCCC(=O)N2CCCC(N(C)CC(=O)O)CC2)c(C)c1. The van der Waals surface area contributed by atoms with Gasteiger partial charge in [0.1, 0.15) is 5.75 Å². The molecule has 1 amide bonds. The number of aliphatic carboxylic acids is 1. The summed E-state index contributed by atoms with van der Waals surface area (Å²) >= 11 is 0. The molecule has 6 heteroatoms. The molecule has 2 rings (SSSR count). The van der Waals surface area contributed by atoms with E-state index < -0.39 is 5.97 Å². The molecule has 1 atom stereocenters. The molecule has 1 aromatic rings. The molecule has 0 aliphatic carbocycles. The lowest BCUT2D eigenvalue weighted by atomic mass is 10.1. The molecule has 0 saturated carbocycles. The maximum Gasteiger partial charge on any atom is 0.317 e. The first-order chi connectivity index (χ1) is 12.4. The molecule has 0 spiro atoms. The van der Waals surface area contributed by atoms with Gasteiger partial charge in [0.25, 0.3) is 0 Å². The molecule has 26 heavy (non-hydrogen) atoms. The number of hydrogen-bond donors (Lipinski definition) is 1. The van der Waals surface area contributed by atoms with Gasteiger partial charge in [-0.1, -0.05) is 17.7 Å². The molecule has 1 saturated heterocycles. The fourth-order valence-electron chi connectivity index (χ4n) is 3.48. The van der Waals surface area contributed by atoms with Crippen LogP contribution in [0.3, 0.4) is 0 Å². The number of carboxylic acid groups (broad SMARTS) is 1. The van der Waals surface area contributed by atoms with Crippen LogP contribution >= 0.6 is 0 Å². The van der Waals surface area contributed by atoms with Crippen LogP contribution in [0.1, 0.15) is 36.8 Å². The zero-order valence-electron chi connectivity index (χ0n) is 16.0. The number of likely N-dealkylation sites (N-methyl/N-ethyl adjacent to an activating group) is 1. The number of carbonyl (C=O) groups is 2. The Kier molecular flexibility index (Phi) is 7.45. The van der Waals surface area contributed by atoms with E-state index in [0.29, 0.717) is 19.6 Å². The maximum atomic E-state index is 12.5. The third kappa shape index (κ3) is 6.02. The quantitative estimate of drug-likeness (QED) is 0.807. The minimum Gasteiger partial charge on any atom is -0.493 e. The maximum absolute atomic E-state index is 12.5. The molecule has 1 unspecified atom stereocenters. The van der Waals surface area contributed by atoms with Gasteiger partial charge in [0.05, 0.1) is 19.6 Å². The van der Waals surface area contributed by atoms with E-state index >= 15 is 0 Å². The number of benzene rings is 1. The number of carbonyl (C=O) groups excluding carboxylic acids is 1. The van der Waals surface area contributed by atoms with E-state index in [-0.39, 0.29) is 18.5 Å². The Morgan fingerprint density at radius 1 is 1.27 bits per heavy atom. The monoisotopic (exact) mass is 362 g/mol. The largest absolute Gasteiger partial charge is 0.493 e. The first-order valence-electron chi connectivity index (χ1n) is 9.26. The van der Waals surface area contributed by atoms with Gasteiger partial charge in [-0.2, -0.15) is 0 Å². The zero-order chi connectivity index (χ0) is 19.1. The summed E-state index contributed by atoms with van der Waals surface area (Å²) in [7, 11) is 1.84. The second-order valence-electron chi connectivity index (χ2n) is 7.14. The number of likely N-dealkylation sites (tertiary alicyclic amines) is 1. The molecule has 1 heterocycles. The van der Waals surface area contributed by atoms with Gasteiger partial charge >= 0.3 is 5.97 Å². The molecule has 1 N–H and O–H groups in total. The van der Waals surface area contributed by atoms with E-state index in [9.17, 15) is 9.59 Å². The fraction of sp³-hybridized carbons (Fsp3) is 0.600. The highest BCUT2D eigenvalue weighted by molar-refractivity contribution is 5.76. The van der Waals surface area contributed by atoms with Gasteiger partial charge < -0.3 is 14.7 Å². The first-order valence-corrected chi connectivity index (χ1v) is 9.26. The van der Waals surface area contributed by atoms with Crippen molar-refractivity contribution in [2.24, 2.45) is 0 Å². The van der Waals surface area contributed by atoms with E-state index in [1.165, 1.54) is 5.56 Å². The summed E-state index contributed by atoms with van der Waals surface area (Å²) in [5.41, 5.74) is 2.27. The minimum absolute atomic E-state index is 0.0440. The molecule has 0 radical (unpaired) electrons. The molecule has 1 fully saturated rings. The Labute approximate surface area is 155 Å². The average molecular weight is 362 g/mol. The molecule has 6 nitrogen and oxygen atoms in total. The summed E-state index contributed by atoms with van der Waals surface area (Å²) < 4.78 is 5.77. The van der Waals surface area contributed by atoms with Gasteiger partial charge in [0.2, 0.25) is 5.91 Å². The van der Waals surface area contributed by atoms with Gasteiger partial charge in [-0.15, -0.1) is 0 Å². The highest BCUT2D eigenvalue weighted by Crippen LogP contribution is 2.19. The fourth-order valence-corrected chi connectivity index (χ4v) is 3.48. The number of hydrogen-bond acceptors (Lipinski definition) is 4. The number of rotatable bonds is 7. The van der Waals surface area contributed by atoms with Gasteiger partial charge in [0.15, 0.2) is 0 Å². The van der Waals surface area contributed by atoms with Crippen molar-refractivity contribution in [1.82, 2.24) is 9.80 Å². The van der Waals surface area contributed by atoms with E-state index in [1.54, 1.807) is 0 Å². The Bertz CT molecular complexity index is 632. The van der Waals surface area contributed by atoms with Crippen molar-refractivity contribution in [3.05, 3.63) is 29.3 Å². The number of aryl methyl sites for hydroxylation is 2. The smallest absolute Gasteiger partial charge is 0.317 e. The third-order valence-corrected chi connectivity index (χ3v) is 4.96. The zero-order valence-corrected chi connectivity index (χ0v) is 16.0. The highest BCUT2D eigenvalue weighted by atomic mass is 16.5. The summed E-state index contributed by atoms with van der Waals surface area (Å²) in [5.74, 6) is 0.124. The van der Waals surface area contributed by atoms with E-state index in [0.717, 1.165) is 37.1 Å². The van der Waals surface area contributed by atoms with Crippen LogP contribution < -0.4 is 4.74 Å². The lowest BCUT2D eigenvalue weighted by molar-refractivity contribution is -0.138. The van der Waals surface area contributed by atoms with Gasteiger partial charge in [-0.05, 0) is 51.8 Å². The van der Waals surface area contributed by atoms with Gasteiger partial charge in [0, 0.05) is 19.1 Å². The Hall–Kier alpha value is -2.08. The van der Waals surface area contributed by atoms with Crippen molar-refractivity contribution in [3.8, 4) is 5.75 Å². The van der Waals surface area contributed by atoms with Crippen molar-refractivity contribution in [2.75, 3.05) is 33.3 Å². The minimum atomic E-state index is -0.812. The van der Waals surface area contributed by atoms with Crippen LogP contribution in [0.25, 0.3) is 0 Å². The average Bonchev–Trinajstić information content (AvgIpc) is 2.82. The molecular formula is C20H30N2O4. The normalized spacial score (nSPS) is 17.8. The second-order valence-corrected chi connectivity index (χ2v) is 7.14. The molecule has 0 aromatic heterocycles. The summed E-state index contributed by atoms with van der Waals surface area (Å²) in [6, 6.07) is 6.24. The Balaban J connectivity index is 1.78. The van der Waals surface area contributed by atoms with Gasteiger partial charge in [-0.25, -0.2) is 0 Å². The van der Waals surface area contributed by atoms with E-state index in [2.05, 4.69) is 6.07 Å². The van der Waals surface area contributed by atoms with Crippen LogP contribution in [0.5, 0.6) is 5.75 Å². The lowest BCUT2D eigenvalue weighted by Crippen LogP contribution is -2.37. The van der Waals surface area contributed by atoms with Crippen LogP contribution in [0.2, 0.25) is 0 Å². The van der Waals surface area contributed by atoms with Crippen LogP contribution in [0, 0.1) is 13.8 Å². The van der Waals surface area contributed by atoms with Gasteiger partial charge in [-0.3, -0.25) is 14.5 Å². The summed E-state index contributed by atoms with van der Waals surface area (Å²) in [5, 5.41) is 8.93. The number of amides is 1. The van der Waals surface area contributed by atoms with E-state index in [1.807, 2.05) is 42.8 Å². The summed E-state index contributed by atoms with van der Waals surface area (Å²) in [6.07, 6.45) is 3.00. The second kappa shape index (κ2) is 9.57. The van der Waals surface area contributed by atoms with Crippen LogP contribution in [0.4, 0.5) is 0 Å². The van der Waals surface area contributed by atoms with Crippen molar-refractivity contribution in [1.29, 1.82) is 0 Å². The number of carboxylic acids is 1. The molecule has 1 aliphatic rings. The summed E-state index contributed by atoms with van der Waals surface area (Å²) in [4.78, 5) is 27.1. The number of nitrogens with zero attached hydrogens (tertiary/aromatic N) is 2. The van der Waals surface area contributed by atoms with E-state index in [4.69, 9.17) is 9.84 Å². The Morgan fingerprint density at radius 2 is 2.04 bits per heavy atom. The first kappa shape index (κ1) is 20.2. The molecule has 0 bridgehead atoms. The standard InChI is InChI=1S/C20H30N2O4/c1-15-6-7-18(16(2)13-15)26-12-9-19(23)22-10-4-5-17(8-11-22)21(3)14-20(24)25/h6-7,13,17H,4-5,8-12,14H2,1-3H3,(H,24,25). The highest BCUT2D eigenvalue weighted by Gasteiger charge is 2.23. The van der Waals surface area contributed by atoms with Crippen LogP contribution in [-0.4, -0.2) is 66.1 Å². The molecule has 1 aromatic carbocycles. The van der Waals surface area contributed by atoms with Crippen molar-refractivity contribution >= 4 is 11.9 Å². The molecule has 1 aliphatic heterocycles. The van der Waals surface area contributed by atoms with Crippen LogP contribution in [-0.2, 0) is 9.59 Å². The predicted octanol–water partition coefficient (Wildman–Crippen LogP) is 2.47. The Morgan fingerprint density at radius 3 is 2.73 bits per heavy atom. The molecule has 144 valence electrons. The topological polar surface area (TPSA) is 70.1 Å². The van der Waals surface area contributed by atoms with Crippen molar-refractivity contribution < 1.29 is 19.4 Å². The predicted molar refractivity (Wildman–Crippen MR) is 101 cm³/mol.